The molecule has 0 saturated carbocycles. The second kappa shape index (κ2) is 5.02. The van der Waals surface area contributed by atoms with Gasteiger partial charge in [0.2, 0.25) is 5.91 Å². The first kappa shape index (κ1) is 11.8. The Morgan fingerprint density at radius 2 is 2.13 bits per heavy atom. The van der Waals surface area contributed by atoms with Crippen LogP contribution >= 0.6 is 15.9 Å². The van der Waals surface area contributed by atoms with Crippen LogP contribution in [0.3, 0.4) is 0 Å². The van der Waals surface area contributed by atoms with Crippen LogP contribution in [0, 0.1) is 5.82 Å². The molecule has 80 valence electrons. The van der Waals surface area contributed by atoms with E-state index in [1.54, 1.807) is 6.07 Å². The van der Waals surface area contributed by atoms with Gasteiger partial charge in [0.1, 0.15) is 11.6 Å². The van der Waals surface area contributed by atoms with Crippen molar-refractivity contribution in [3.63, 3.8) is 0 Å². The summed E-state index contributed by atoms with van der Waals surface area (Å²) in [5.74, 6) is -1.13. The van der Waals surface area contributed by atoms with Gasteiger partial charge in [0, 0.05) is 5.69 Å². The standard InChI is InChI=1S/C10H9BrFNO2/c1-6(14)4-10(15)13-7-2-3-8(11)9(12)5-7/h2-3,5H,4H2,1H3,(H,13,15). The van der Waals surface area contributed by atoms with Gasteiger partial charge in [-0.05, 0) is 41.1 Å². The Kier molecular flexibility index (Phi) is 3.96. The minimum Gasteiger partial charge on any atom is -0.326 e. The summed E-state index contributed by atoms with van der Waals surface area (Å²) in [7, 11) is 0. The van der Waals surface area contributed by atoms with E-state index in [-0.39, 0.29) is 12.2 Å². The van der Waals surface area contributed by atoms with Crippen LogP contribution in [-0.2, 0) is 9.59 Å². The van der Waals surface area contributed by atoms with E-state index in [1.807, 2.05) is 0 Å². The molecule has 5 heteroatoms. The number of carbonyl (C=O) groups excluding carboxylic acids is 2. The third-order valence-electron chi connectivity index (χ3n) is 1.61. The second-order valence-corrected chi connectivity index (χ2v) is 3.91. The van der Waals surface area contributed by atoms with Crippen molar-refractivity contribution in [1.29, 1.82) is 0 Å². The number of hydrogen-bond acceptors (Lipinski definition) is 2. The molecule has 3 nitrogen and oxygen atoms in total. The van der Waals surface area contributed by atoms with Gasteiger partial charge >= 0.3 is 0 Å². The summed E-state index contributed by atoms with van der Waals surface area (Å²) in [5.41, 5.74) is 0.335. The van der Waals surface area contributed by atoms with E-state index >= 15 is 0 Å². The Balaban J connectivity index is 2.69. The summed E-state index contributed by atoms with van der Waals surface area (Å²) >= 11 is 2.99. The molecule has 0 fully saturated rings. The topological polar surface area (TPSA) is 46.2 Å². The van der Waals surface area contributed by atoms with Crippen molar-refractivity contribution in [2.24, 2.45) is 0 Å². The number of anilines is 1. The van der Waals surface area contributed by atoms with Crippen LogP contribution in [0.2, 0.25) is 0 Å². The molecule has 1 aromatic rings. The van der Waals surface area contributed by atoms with Gasteiger partial charge in [-0.15, -0.1) is 0 Å². The fraction of sp³-hybridized carbons (Fsp3) is 0.200. The van der Waals surface area contributed by atoms with Crippen LogP contribution in [0.1, 0.15) is 13.3 Å². The van der Waals surface area contributed by atoms with E-state index in [4.69, 9.17) is 0 Å². The van der Waals surface area contributed by atoms with Gasteiger partial charge < -0.3 is 5.32 Å². The number of hydrogen-bond donors (Lipinski definition) is 1. The lowest BCUT2D eigenvalue weighted by Gasteiger charge is -2.04. The zero-order chi connectivity index (χ0) is 11.4. The van der Waals surface area contributed by atoms with Crippen molar-refractivity contribution in [1.82, 2.24) is 0 Å². The number of Topliss-reactive ketones (excluding diaryl/α,β-unsaturated/α-hetero) is 1. The highest BCUT2D eigenvalue weighted by Crippen LogP contribution is 2.19. The molecule has 1 amide bonds. The van der Waals surface area contributed by atoms with Crippen molar-refractivity contribution in [2.45, 2.75) is 13.3 Å². The summed E-state index contributed by atoms with van der Waals surface area (Å²) < 4.78 is 13.4. The van der Waals surface area contributed by atoms with Crippen LogP contribution in [0.5, 0.6) is 0 Å². The molecular weight excluding hydrogens is 265 g/mol. The Bertz CT molecular complexity index is 406. The third kappa shape index (κ3) is 3.79. The van der Waals surface area contributed by atoms with Gasteiger partial charge in [-0.25, -0.2) is 4.39 Å². The zero-order valence-electron chi connectivity index (χ0n) is 8.01. The van der Waals surface area contributed by atoms with Crippen LogP contribution in [-0.4, -0.2) is 11.7 Å². The van der Waals surface area contributed by atoms with Crippen LogP contribution in [0.4, 0.5) is 10.1 Å². The Labute approximate surface area is 94.8 Å². The summed E-state index contributed by atoms with van der Waals surface area (Å²) in [6.07, 6.45) is -0.197. The van der Waals surface area contributed by atoms with E-state index in [2.05, 4.69) is 21.2 Å². The quantitative estimate of drug-likeness (QED) is 0.861. The molecule has 0 aliphatic heterocycles. The van der Waals surface area contributed by atoms with Crippen molar-refractivity contribution < 1.29 is 14.0 Å². The van der Waals surface area contributed by atoms with Crippen LogP contribution < -0.4 is 5.32 Å². The first-order chi connectivity index (χ1) is 6.99. The third-order valence-corrected chi connectivity index (χ3v) is 2.26. The molecule has 15 heavy (non-hydrogen) atoms. The highest BCUT2D eigenvalue weighted by Gasteiger charge is 2.06. The molecule has 0 aromatic heterocycles. The first-order valence-corrected chi connectivity index (χ1v) is 5.02. The number of amides is 1. The lowest BCUT2D eigenvalue weighted by Crippen LogP contribution is -2.14. The molecule has 0 atom stereocenters. The Morgan fingerprint density at radius 1 is 1.47 bits per heavy atom. The van der Waals surface area contributed by atoms with E-state index in [0.29, 0.717) is 10.2 Å². The molecule has 0 unspecified atom stereocenters. The predicted octanol–water partition coefficient (Wildman–Crippen LogP) is 2.51. The highest BCUT2D eigenvalue weighted by molar-refractivity contribution is 9.10. The number of halogens is 2. The molecule has 0 bridgehead atoms. The van der Waals surface area contributed by atoms with Crippen molar-refractivity contribution >= 4 is 33.3 Å². The molecular formula is C10H9BrFNO2. The average Bonchev–Trinajstić information content (AvgIpc) is 2.10. The second-order valence-electron chi connectivity index (χ2n) is 3.06. The van der Waals surface area contributed by atoms with Gasteiger partial charge in [0.25, 0.3) is 0 Å². The molecule has 0 radical (unpaired) electrons. The highest BCUT2D eigenvalue weighted by atomic mass is 79.9. The minimum atomic E-state index is -0.462. The first-order valence-electron chi connectivity index (χ1n) is 4.23. The number of nitrogens with one attached hydrogen (secondary N) is 1. The number of ketones is 1. The Hall–Kier alpha value is -1.23. The van der Waals surface area contributed by atoms with E-state index in [9.17, 15) is 14.0 Å². The molecule has 0 spiro atoms. The van der Waals surface area contributed by atoms with E-state index in [0.717, 1.165) is 0 Å². The van der Waals surface area contributed by atoms with Gasteiger partial charge in [0.05, 0.1) is 10.9 Å². The van der Waals surface area contributed by atoms with Crippen molar-refractivity contribution in [3.8, 4) is 0 Å². The monoisotopic (exact) mass is 273 g/mol. The number of carbonyl (C=O) groups is 2. The zero-order valence-corrected chi connectivity index (χ0v) is 9.60. The van der Waals surface area contributed by atoms with Crippen LogP contribution in [0.15, 0.2) is 22.7 Å². The summed E-state index contributed by atoms with van der Waals surface area (Å²) in [5, 5.41) is 2.42. The molecule has 0 aliphatic carbocycles. The van der Waals surface area contributed by atoms with Gasteiger partial charge in [0.15, 0.2) is 0 Å². The lowest BCUT2D eigenvalue weighted by atomic mass is 10.2. The summed E-state index contributed by atoms with van der Waals surface area (Å²) in [6, 6.07) is 4.21. The van der Waals surface area contributed by atoms with Crippen LogP contribution in [0.25, 0.3) is 0 Å². The normalized spacial score (nSPS) is 9.80. The summed E-state index contributed by atoms with van der Waals surface area (Å²) in [6.45, 7) is 1.32. The smallest absolute Gasteiger partial charge is 0.231 e. The molecule has 0 saturated heterocycles. The molecule has 1 rings (SSSR count). The largest absolute Gasteiger partial charge is 0.326 e. The lowest BCUT2D eigenvalue weighted by molar-refractivity contribution is -0.124. The van der Waals surface area contributed by atoms with E-state index < -0.39 is 11.7 Å². The number of benzene rings is 1. The maximum absolute atomic E-state index is 13.0. The van der Waals surface area contributed by atoms with Crippen molar-refractivity contribution in [2.75, 3.05) is 5.32 Å². The molecule has 1 N–H and O–H groups in total. The maximum atomic E-state index is 13.0. The fourth-order valence-corrected chi connectivity index (χ4v) is 1.25. The summed E-state index contributed by atoms with van der Waals surface area (Å²) in [4.78, 5) is 21.8. The minimum absolute atomic E-state index is 0.197. The van der Waals surface area contributed by atoms with Gasteiger partial charge in [-0.3, -0.25) is 9.59 Å². The van der Waals surface area contributed by atoms with Gasteiger partial charge in [-0.2, -0.15) is 0 Å². The fourth-order valence-electron chi connectivity index (χ4n) is 1.01. The molecule has 0 heterocycles. The molecule has 1 aromatic carbocycles. The average molecular weight is 274 g/mol. The number of rotatable bonds is 3. The van der Waals surface area contributed by atoms with Crippen molar-refractivity contribution in [3.05, 3.63) is 28.5 Å². The SMILES string of the molecule is CC(=O)CC(=O)Nc1ccc(Br)c(F)c1. The van der Waals surface area contributed by atoms with Gasteiger partial charge in [-0.1, -0.05) is 0 Å². The maximum Gasteiger partial charge on any atom is 0.231 e. The van der Waals surface area contributed by atoms with E-state index in [1.165, 1.54) is 19.1 Å². The predicted molar refractivity (Wildman–Crippen MR) is 58.0 cm³/mol. The molecule has 0 aliphatic rings. The Morgan fingerprint density at radius 3 is 2.67 bits per heavy atom.